The summed E-state index contributed by atoms with van der Waals surface area (Å²) in [7, 11) is 0.798. The maximum absolute atomic E-state index is 10.6. The Morgan fingerprint density at radius 2 is 2.22 bits per heavy atom. The van der Waals surface area contributed by atoms with Crippen molar-refractivity contribution in [3.8, 4) is 0 Å². The number of fused-ring (bicyclic) bond motifs is 1. The molecule has 123 valence electrons. The van der Waals surface area contributed by atoms with Crippen molar-refractivity contribution in [1.29, 1.82) is 0 Å². The third-order valence-electron chi connectivity index (χ3n) is 4.07. The van der Waals surface area contributed by atoms with Crippen molar-refractivity contribution in [1.82, 2.24) is 14.5 Å². The molecule has 0 spiro atoms. The summed E-state index contributed by atoms with van der Waals surface area (Å²) in [6.07, 6.45) is -0.721. The van der Waals surface area contributed by atoms with Crippen molar-refractivity contribution in [3.05, 3.63) is 12.5 Å². The van der Waals surface area contributed by atoms with Crippen molar-refractivity contribution in [2.45, 2.75) is 31.0 Å². The van der Waals surface area contributed by atoms with Crippen molar-refractivity contribution in [2.24, 2.45) is 0 Å². The molecule has 11 heteroatoms. The minimum absolute atomic E-state index is 0.0611. The van der Waals surface area contributed by atoms with Gasteiger partial charge in [-0.3, -0.25) is 10.7 Å². The zero-order valence-electron chi connectivity index (χ0n) is 12.2. The van der Waals surface area contributed by atoms with E-state index in [4.69, 9.17) is 9.94 Å². The van der Waals surface area contributed by atoms with Gasteiger partial charge in [0.15, 0.2) is 12.0 Å². The van der Waals surface area contributed by atoms with Gasteiger partial charge in [0.25, 0.3) is 0 Å². The molecule has 2 aromatic rings. The van der Waals surface area contributed by atoms with Crippen molar-refractivity contribution in [3.63, 3.8) is 0 Å². The predicted octanol–water partition coefficient (Wildman–Crippen LogP) is -2.53. The van der Waals surface area contributed by atoms with Crippen molar-refractivity contribution >= 4 is 29.8 Å². The van der Waals surface area contributed by atoms with E-state index >= 15 is 0 Å². The van der Waals surface area contributed by atoms with Crippen molar-refractivity contribution < 1.29 is 30.3 Å². The lowest BCUT2D eigenvalue weighted by Crippen LogP contribution is -2.44. The number of nitrogens with one attached hydrogen (secondary N) is 1. The van der Waals surface area contributed by atoms with Crippen molar-refractivity contribution in [2.75, 3.05) is 12.1 Å². The minimum Gasteiger partial charge on any atom is -0.450 e. The van der Waals surface area contributed by atoms with Crippen LogP contribution in [-0.2, 0) is 4.74 Å². The highest BCUT2D eigenvalue weighted by Gasteiger charge is 2.53. The van der Waals surface area contributed by atoms with Gasteiger partial charge in [-0.1, -0.05) is 0 Å². The molecule has 2 aromatic heterocycles. The SMILES string of the molecule is C[C@@]1(O)C(O)C(CO)OC1n1cc([B]O)c2c(NO)ncnc21. The Hall–Kier alpha value is -1.76. The van der Waals surface area contributed by atoms with Crippen LogP contribution in [0.15, 0.2) is 12.5 Å². The Morgan fingerprint density at radius 3 is 2.78 bits per heavy atom. The standard InChI is InChI=1S/C12H16BN4O6/c1-12(20)8(19)6(3-18)23-11(12)17-2-5(13-21)7-9(16-22)14-4-15-10(7)17/h2,4,6,8,11,18-22H,3H2,1H3,(H,14,15,16)/t6?,8?,11?,12-/m1/s1. The second-order valence-electron chi connectivity index (χ2n) is 5.53. The van der Waals surface area contributed by atoms with Gasteiger partial charge in [0.1, 0.15) is 29.8 Å². The Morgan fingerprint density at radius 1 is 1.48 bits per heavy atom. The summed E-state index contributed by atoms with van der Waals surface area (Å²) in [5.74, 6) is 0.0611. The molecule has 0 aliphatic carbocycles. The van der Waals surface area contributed by atoms with Gasteiger partial charge in [-0.05, 0) is 12.4 Å². The van der Waals surface area contributed by atoms with Gasteiger partial charge in [0, 0.05) is 6.20 Å². The van der Waals surface area contributed by atoms with Crippen LogP contribution in [0, 0.1) is 0 Å². The molecule has 1 aliphatic heterocycles. The van der Waals surface area contributed by atoms with E-state index < -0.39 is 30.6 Å². The van der Waals surface area contributed by atoms with Crippen LogP contribution in [0.1, 0.15) is 13.2 Å². The topological polar surface area (TPSA) is 153 Å². The van der Waals surface area contributed by atoms with Crippen LogP contribution >= 0.6 is 0 Å². The maximum Gasteiger partial charge on any atom is 0.329 e. The number of ether oxygens (including phenoxy) is 1. The van der Waals surface area contributed by atoms with Crippen LogP contribution in [0.25, 0.3) is 11.0 Å². The first-order valence-corrected chi connectivity index (χ1v) is 6.85. The third-order valence-corrected chi connectivity index (χ3v) is 4.07. The summed E-state index contributed by atoms with van der Waals surface area (Å²) in [5, 5.41) is 48.8. The van der Waals surface area contributed by atoms with Crippen LogP contribution < -0.4 is 10.9 Å². The zero-order chi connectivity index (χ0) is 16.8. The van der Waals surface area contributed by atoms with E-state index in [2.05, 4.69) is 9.97 Å². The number of anilines is 1. The fraction of sp³-hybridized carbons (Fsp3) is 0.500. The van der Waals surface area contributed by atoms with Crippen LogP contribution in [0.2, 0.25) is 0 Å². The molecule has 3 unspecified atom stereocenters. The molecule has 0 amide bonds. The summed E-state index contributed by atoms with van der Waals surface area (Å²) in [6.45, 7) is 0.906. The highest BCUT2D eigenvalue weighted by atomic mass is 16.6. The summed E-state index contributed by atoms with van der Waals surface area (Å²) >= 11 is 0. The molecule has 0 bridgehead atoms. The van der Waals surface area contributed by atoms with Gasteiger partial charge in [-0.2, -0.15) is 0 Å². The summed E-state index contributed by atoms with van der Waals surface area (Å²) in [4.78, 5) is 7.93. The molecule has 0 aromatic carbocycles. The number of aromatic nitrogens is 3. The molecule has 1 aliphatic rings. The molecule has 1 radical (unpaired) electrons. The van der Waals surface area contributed by atoms with Gasteiger partial charge in [0.2, 0.25) is 0 Å². The Bertz CT molecular complexity index is 723. The highest BCUT2D eigenvalue weighted by molar-refractivity contribution is 6.50. The van der Waals surface area contributed by atoms with E-state index in [0.29, 0.717) is 5.39 Å². The Balaban J connectivity index is 2.18. The molecule has 3 rings (SSSR count). The quantitative estimate of drug-likeness (QED) is 0.264. The summed E-state index contributed by atoms with van der Waals surface area (Å²) in [6, 6.07) is 0. The molecule has 1 fully saturated rings. The van der Waals surface area contributed by atoms with Crippen LogP contribution in [0.4, 0.5) is 5.82 Å². The molecule has 3 heterocycles. The molecular weight excluding hydrogens is 307 g/mol. The average Bonchev–Trinajstić information content (AvgIpc) is 3.03. The molecular formula is C12H16BN4O6. The first-order valence-electron chi connectivity index (χ1n) is 6.85. The van der Waals surface area contributed by atoms with Crippen LogP contribution in [0.3, 0.4) is 0 Å². The third kappa shape index (κ3) is 2.29. The maximum atomic E-state index is 10.6. The lowest BCUT2D eigenvalue weighted by atomic mass is 9.89. The number of aliphatic hydroxyl groups is 3. The number of aliphatic hydroxyl groups excluding tert-OH is 2. The number of nitrogens with zero attached hydrogens (tertiary/aromatic N) is 3. The van der Waals surface area contributed by atoms with E-state index in [1.807, 2.05) is 5.48 Å². The first-order chi connectivity index (χ1) is 11.0. The highest BCUT2D eigenvalue weighted by Crippen LogP contribution is 2.39. The molecule has 6 N–H and O–H groups in total. The summed E-state index contributed by atoms with van der Waals surface area (Å²) in [5.41, 5.74) is 0.739. The molecule has 23 heavy (non-hydrogen) atoms. The van der Waals surface area contributed by atoms with Gasteiger partial charge in [-0.15, -0.1) is 0 Å². The van der Waals surface area contributed by atoms with Crippen LogP contribution in [-0.4, -0.2) is 72.0 Å². The lowest BCUT2D eigenvalue weighted by Gasteiger charge is -2.27. The first kappa shape index (κ1) is 16.1. The van der Waals surface area contributed by atoms with Gasteiger partial charge in [-0.25, -0.2) is 9.97 Å². The average molecular weight is 323 g/mol. The Labute approximate surface area is 131 Å². The monoisotopic (exact) mass is 323 g/mol. The lowest BCUT2D eigenvalue weighted by molar-refractivity contribution is -0.0947. The molecule has 1 saturated heterocycles. The van der Waals surface area contributed by atoms with Gasteiger partial charge < -0.3 is 29.6 Å². The number of hydrogen-bond donors (Lipinski definition) is 6. The molecule has 0 saturated carbocycles. The van der Waals surface area contributed by atoms with Gasteiger partial charge >= 0.3 is 7.48 Å². The van der Waals surface area contributed by atoms with E-state index in [9.17, 15) is 20.3 Å². The van der Waals surface area contributed by atoms with E-state index in [0.717, 1.165) is 7.48 Å². The zero-order valence-corrected chi connectivity index (χ0v) is 12.2. The Kier molecular flexibility index (Phi) is 4.00. The van der Waals surface area contributed by atoms with Crippen LogP contribution in [0.5, 0.6) is 0 Å². The second-order valence-corrected chi connectivity index (χ2v) is 5.53. The summed E-state index contributed by atoms with van der Waals surface area (Å²) < 4.78 is 6.94. The second kappa shape index (κ2) is 5.71. The largest absolute Gasteiger partial charge is 0.450 e. The normalized spacial score (nSPS) is 30.8. The van der Waals surface area contributed by atoms with Gasteiger partial charge in [0.05, 0.1) is 12.0 Å². The number of rotatable bonds is 4. The molecule has 4 atom stereocenters. The van der Waals surface area contributed by atoms with E-state index in [-0.39, 0.29) is 16.9 Å². The van der Waals surface area contributed by atoms with E-state index in [1.165, 1.54) is 24.0 Å². The smallest absolute Gasteiger partial charge is 0.329 e. The van der Waals surface area contributed by atoms with E-state index in [1.54, 1.807) is 0 Å². The minimum atomic E-state index is -1.70. The predicted molar refractivity (Wildman–Crippen MR) is 78.2 cm³/mol. The number of hydrogen-bond acceptors (Lipinski definition) is 9. The fourth-order valence-electron chi connectivity index (χ4n) is 2.87. The molecule has 10 nitrogen and oxygen atoms in total. The fourth-order valence-corrected chi connectivity index (χ4v) is 2.87.